The average Bonchev–Trinajstić information content (AvgIpc) is 3.29. The molecule has 0 aliphatic carbocycles. The van der Waals surface area contributed by atoms with Crippen LogP contribution in [0.5, 0.6) is 17.4 Å². The van der Waals surface area contributed by atoms with Gasteiger partial charge in [-0.1, -0.05) is 18.2 Å². The lowest BCUT2D eigenvalue weighted by atomic mass is 10.1. The minimum absolute atomic E-state index is 0.229. The fourth-order valence-electron chi connectivity index (χ4n) is 2.70. The molecule has 2 aromatic carbocycles. The lowest BCUT2D eigenvalue weighted by Crippen LogP contribution is -2.12. The third-order valence-electron chi connectivity index (χ3n) is 4.21. The van der Waals surface area contributed by atoms with Crippen LogP contribution in [0.25, 0.3) is 0 Å². The van der Waals surface area contributed by atoms with E-state index in [9.17, 15) is 4.79 Å². The first-order valence-electron chi connectivity index (χ1n) is 9.08. The normalized spacial score (nSPS) is 10.4. The molecule has 0 aliphatic heterocycles. The van der Waals surface area contributed by atoms with E-state index in [4.69, 9.17) is 9.47 Å². The second kappa shape index (κ2) is 8.82. The van der Waals surface area contributed by atoms with Crippen LogP contribution < -0.4 is 14.8 Å². The SMILES string of the molecule is COc1cccc(Oc2ccc(NC(=O)c3ccc(Cn4cnnn4)cc3)cn2)c1. The van der Waals surface area contributed by atoms with Gasteiger partial charge in [0.1, 0.15) is 17.8 Å². The number of anilines is 1. The van der Waals surface area contributed by atoms with E-state index in [0.717, 1.165) is 5.56 Å². The Hall–Kier alpha value is -4.27. The van der Waals surface area contributed by atoms with E-state index < -0.39 is 0 Å². The Morgan fingerprint density at radius 1 is 1.07 bits per heavy atom. The number of benzene rings is 2. The number of aromatic nitrogens is 5. The van der Waals surface area contributed by atoms with Crippen molar-refractivity contribution in [3.63, 3.8) is 0 Å². The lowest BCUT2D eigenvalue weighted by molar-refractivity contribution is 0.102. The lowest BCUT2D eigenvalue weighted by Gasteiger charge is -2.08. The fraction of sp³-hybridized carbons (Fsp3) is 0.0952. The fourth-order valence-corrected chi connectivity index (χ4v) is 2.70. The van der Waals surface area contributed by atoms with Gasteiger partial charge in [-0.15, -0.1) is 5.10 Å². The van der Waals surface area contributed by atoms with E-state index in [2.05, 4.69) is 25.8 Å². The molecule has 4 rings (SSSR count). The summed E-state index contributed by atoms with van der Waals surface area (Å²) in [7, 11) is 1.59. The van der Waals surface area contributed by atoms with Gasteiger partial charge in [-0.05, 0) is 46.3 Å². The number of amides is 1. The van der Waals surface area contributed by atoms with Gasteiger partial charge < -0.3 is 14.8 Å². The molecular weight excluding hydrogens is 384 g/mol. The molecule has 2 heterocycles. The zero-order valence-electron chi connectivity index (χ0n) is 16.1. The smallest absolute Gasteiger partial charge is 0.255 e. The molecule has 0 radical (unpaired) electrons. The molecule has 0 spiro atoms. The van der Waals surface area contributed by atoms with Gasteiger partial charge in [0.2, 0.25) is 5.88 Å². The zero-order chi connectivity index (χ0) is 20.8. The Balaban J connectivity index is 1.36. The maximum absolute atomic E-state index is 12.5. The third-order valence-corrected chi connectivity index (χ3v) is 4.21. The van der Waals surface area contributed by atoms with Crippen molar-refractivity contribution in [2.45, 2.75) is 6.54 Å². The standard InChI is InChI=1S/C21H18N6O3/c1-29-18-3-2-4-19(11-18)30-20-10-9-17(12-22-20)24-21(28)16-7-5-15(6-8-16)13-27-14-23-25-26-27/h2-12,14H,13H2,1H3,(H,24,28). The van der Waals surface area contributed by atoms with Crippen molar-refractivity contribution in [2.24, 2.45) is 0 Å². The highest BCUT2D eigenvalue weighted by Crippen LogP contribution is 2.24. The molecule has 0 fully saturated rings. The minimum Gasteiger partial charge on any atom is -0.497 e. The Morgan fingerprint density at radius 3 is 2.60 bits per heavy atom. The number of carbonyl (C=O) groups is 1. The van der Waals surface area contributed by atoms with Crippen LogP contribution in [0.4, 0.5) is 5.69 Å². The Morgan fingerprint density at radius 2 is 1.90 bits per heavy atom. The number of methoxy groups -OCH3 is 1. The molecular formula is C21H18N6O3. The molecule has 30 heavy (non-hydrogen) atoms. The van der Waals surface area contributed by atoms with Crippen LogP contribution in [0, 0.1) is 0 Å². The summed E-state index contributed by atoms with van der Waals surface area (Å²) in [5.74, 6) is 1.49. The predicted octanol–water partition coefficient (Wildman–Crippen LogP) is 3.17. The van der Waals surface area contributed by atoms with Gasteiger partial charge >= 0.3 is 0 Å². The number of ether oxygens (including phenoxy) is 2. The Kier molecular flexibility index (Phi) is 5.61. The van der Waals surface area contributed by atoms with Gasteiger partial charge in [0.05, 0.1) is 25.5 Å². The van der Waals surface area contributed by atoms with E-state index in [1.165, 1.54) is 6.33 Å². The molecule has 4 aromatic rings. The first-order valence-corrected chi connectivity index (χ1v) is 9.08. The molecule has 0 atom stereocenters. The van der Waals surface area contributed by atoms with Gasteiger partial charge in [-0.3, -0.25) is 4.79 Å². The number of nitrogens with one attached hydrogen (secondary N) is 1. The molecule has 0 saturated heterocycles. The van der Waals surface area contributed by atoms with E-state index in [1.807, 2.05) is 30.3 Å². The number of tetrazole rings is 1. The number of carbonyl (C=O) groups excluding carboxylic acids is 1. The topological polar surface area (TPSA) is 104 Å². The summed E-state index contributed by atoms with van der Waals surface area (Å²) >= 11 is 0. The van der Waals surface area contributed by atoms with Crippen LogP contribution in [-0.4, -0.2) is 38.2 Å². The maximum atomic E-state index is 12.5. The van der Waals surface area contributed by atoms with E-state index >= 15 is 0 Å². The summed E-state index contributed by atoms with van der Waals surface area (Å²) < 4.78 is 12.5. The molecule has 0 aliphatic rings. The number of hydrogen-bond donors (Lipinski definition) is 1. The van der Waals surface area contributed by atoms with Crippen LogP contribution in [-0.2, 0) is 6.54 Å². The number of rotatable bonds is 7. The van der Waals surface area contributed by atoms with E-state index in [0.29, 0.717) is 35.2 Å². The highest BCUT2D eigenvalue weighted by Gasteiger charge is 2.08. The van der Waals surface area contributed by atoms with Crippen LogP contribution in [0.15, 0.2) is 73.2 Å². The molecule has 1 N–H and O–H groups in total. The molecule has 2 aromatic heterocycles. The third kappa shape index (κ3) is 4.76. The minimum atomic E-state index is -0.229. The molecule has 0 bridgehead atoms. The highest BCUT2D eigenvalue weighted by molar-refractivity contribution is 6.04. The van der Waals surface area contributed by atoms with Crippen molar-refractivity contribution in [3.8, 4) is 17.4 Å². The molecule has 0 unspecified atom stereocenters. The predicted molar refractivity (Wildman–Crippen MR) is 109 cm³/mol. The van der Waals surface area contributed by atoms with Gasteiger partial charge in [0.15, 0.2) is 0 Å². The molecule has 9 heteroatoms. The first-order chi connectivity index (χ1) is 14.7. The maximum Gasteiger partial charge on any atom is 0.255 e. The van der Waals surface area contributed by atoms with Gasteiger partial charge in [0.25, 0.3) is 5.91 Å². The quantitative estimate of drug-likeness (QED) is 0.506. The molecule has 150 valence electrons. The van der Waals surface area contributed by atoms with E-state index in [-0.39, 0.29) is 5.91 Å². The number of pyridine rings is 1. The van der Waals surface area contributed by atoms with Crippen molar-refractivity contribution in [1.82, 2.24) is 25.2 Å². The van der Waals surface area contributed by atoms with Crippen molar-refractivity contribution in [2.75, 3.05) is 12.4 Å². The average molecular weight is 402 g/mol. The van der Waals surface area contributed by atoms with Crippen molar-refractivity contribution >= 4 is 11.6 Å². The summed E-state index contributed by atoms with van der Waals surface area (Å²) in [6, 6.07) is 17.9. The van der Waals surface area contributed by atoms with Crippen molar-refractivity contribution in [1.29, 1.82) is 0 Å². The largest absolute Gasteiger partial charge is 0.497 e. The van der Waals surface area contributed by atoms with Gasteiger partial charge in [-0.2, -0.15) is 0 Å². The molecule has 1 amide bonds. The summed E-state index contributed by atoms with van der Waals surface area (Å²) in [6.45, 7) is 0.535. The molecule has 0 saturated carbocycles. The summed E-state index contributed by atoms with van der Waals surface area (Å²) in [6.07, 6.45) is 3.08. The summed E-state index contributed by atoms with van der Waals surface area (Å²) in [5.41, 5.74) is 2.09. The van der Waals surface area contributed by atoms with Crippen LogP contribution in [0.3, 0.4) is 0 Å². The van der Waals surface area contributed by atoms with Crippen LogP contribution >= 0.6 is 0 Å². The summed E-state index contributed by atoms with van der Waals surface area (Å²) in [5, 5.41) is 13.8. The Labute approximate surface area is 172 Å². The zero-order valence-corrected chi connectivity index (χ0v) is 16.1. The number of hydrogen-bond acceptors (Lipinski definition) is 7. The van der Waals surface area contributed by atoms with E-state index in [1.54, 1.807) is 48.3 Å². The second-order valence-corrected chi connectivity index (χ2v) is 6.32. The van der Waals surface area contributed by atoms with Crippen molar-refractivity contribution < 1.29 is 14.3 Å². The second-order valence-electron chi connectivity index (χ2n) is 6.32. The van der Waals surface area contributed by atoms with Crippen LogP contribution in [0.1, 0.15) is 15.9 Å². The monoisotopic (exact) mass is 402 g/mol. The highest BCUT2D eigenvalue weighted by atomic mass is 16.5. The van der Waals surface area contributed by atoms with Crippen LogP contribution in [0.2, 0.25) is 0 Å². The Bertz CT molecular complexity index is 1110. The number of nitrogens with zero attached hydrogens (tertiary/aromatic N) is 5. The first kappa shape index (κ1) is 19.1. The summed E-state index contributed by atoms with van der Waals surface area (Å²) in [4.78, 5) is 16.7. The molecule has 9 nitrogen and oxygen atoms in total. The van der Waals surface area contributed by atoms with Gasteiger partial charge in [-0.25, -0.2) is 9.67 Å². The van der Waals surface area contributed by atoms with Gasteiger partial charge in [0, 0.05) is 17.7 Å². The van der Waals surface area contributed by atoms with Crippen molar-refractivity contribution in [3.05, 3.63) is 84.3 Å².